The lowest BCUT2D eigenvalue weighted by atomic mass is 9.91. The summed E-state index contributed by atoms with van der Waals surface area (Å²) in [5.41, 5.74) is 10.3. The van der Waals surface area contributed by atoms with Gasteiger partial charge in [0.1, 0.15) is 0 Å². The minimum Gasteiger partial charge on any atom is -0.208 e. The Morgan fingerprint density at radius 3 is 1.02 bits per heavy atom. The maximum absolute atomic E-state index is 5.05. The molecular weight excluding hydrogens is 1170 g/mol. The summed E-state index contributed by atoms with van der Waals surface area (Å²) in [4.78, 5) is 30.0. The molecule has 0 aliphatic heterocycles. The Morgan fingerprint density at radius 2 is 0.458 bits per heavy atom. The Morgan fingerprint density at radius 1 is 0.135 bits per heavy atom. The molecule has 2 aromatic heterocycles. The smallest absolute Gasteiger partial charge is 0.164 e. The van der Waals surface area contributed by atoms with Crippen molar-refractivity contribution in [2.24, 2.45) is 0 Å². The first-order valence-electron chi connectivity index (χ1n) is 32.5. The molecule has 0 atom stereocenters. The van der Waals surface area contributed by atoms with Crippen molar-refractivity contribution in [3.8, 4) is 90.6 Å². The highest BCUT2D eigenvalue weighted by molar-refractivity contribution is 6.26. The maximum atomic E-state index is 5.05. The molecule has 2 heterocycles. The van der Waals surface area contributed by atoms with E-state index in [-0.39, 0.29) is 0 Å². The lowest BCUT2D eigenvalue weighted by molar-refractivity contribution is 1.07. The fourth-order valence-corrected chi connectivity index (χ4v) is 14.2. The van der Waals surface area contributed by atoms with E-state index in [0.717, 1.165) is 55.3 Å². The zero-order chi connectivity index (χ0) is 63.5. The third-order valence-corrected chi connectivity index (χ3v) is 18.8. The van der Waals surface area contributed by atoms with E-state index in [9.17, 15) is 0 Å². The van der Waals surface area contributed by atoms with E-state index in [1.54, 1.807) is 0 Å². The second-order valence-corrected chi connectivity index (χ2v) is 24.4. The van der Waals surface area contributed by atoms with E-state index >= 15 is 0 Å². The quantitative estimate of drug-likeness (QED) is 0.141. The van der Waals surface area contributed by atoms with Gasteiger partial charge in [0, 0.05) is 33.4 Å². The summed E-state index contributed by atoms with van der Waals surface area (Å²) in [7, 11) is 0. The molecule has 19 aromatic rings. The average Bonchev–Trinajstić information content (AvgIpc) is 0.755. The van der Waals surface area contributed by atoms with E-state index in [0.29, 0.717) is 34.9 Å². The molecule has 0 amide bonds. The third-order valence-electron chi connectivity index (χ3n) is 18.8. The molecule has 0 aliphatic carbocycles. The highest BCUT2D eigenvalue weighted by atomic mass is 15.0. The van der Waals surface area contributed by atoms with Crippen LogP contribution in [0.1, 0.15) is 0 Å². The Kier molecular flexibility index (Phi) is 13.8. The number of benzene rings is 17. The number of fused-ring (bicyclic) bond motifs is 15. The normalized spacial score (nSPS) is 11.5. The van der Waals surface area contributed by atoms with Crippen LogP contribution in [0.5, 0.6) is 0 Å². The van der Waals surface area contributed by atoms with Crippen molar-refractivity contribution in [2.75, 3.05) is 0 Å². The number of rotatable bonds is 8. The molecule has 0 spiro atoms. The molecule has 0 bridgehead atoms. The molecule has 0 unspecified atom stereocenters. The highest BCUT2D eigenvalue weighted by Crippen LogP contribution is 2.43. The van der Waals surface area contributed by atoms with Gasteiger partial charge in [0.05, 0.1) is 0 Å². The molecule has 0 aliphatic rings. The van der Waals surface area contributed by atoms with Gasteiger partial charge in [0.25, 0.3) is 0 Å². The predicted octanol–water partition coefficient (Wildman–Crippen LogP) is 23.5. The summed E-state index contributed by atoms with van der Waals surface area (Å²) in [5.74, 6) is 3.93. The van der Waals surface area contributed by atoms with Crippen LogP contribution in [-0.2, 0) is 0 Å². The molecule has 96 heavy (non-hydrogen) atoms. The van der Waals surface area contributed by atoms with Crippen LogP contribution >= 0.6 is 0 Å². The predicted molar refractivity (Wildman–Crippen MR) is 401 cm³/mol. The fourth-order valence-electron chi connectivity index (χ4n) is 14.2. The van der Waals surface area contributed by atoms with Crippen LogP contribution in [0.3, 0.4) is 0 Å². The van der Waals surface area contributed by atoms with Gasteiger partial charge >= 0.3 is 0 Å². The van der Waals surface area contributed by atoms with Crippen molar-refractivity contribution in [2.45, 2.75) is 0 Å². The summed E-state index contributed by atoms with van der Waals surface area (Å²) in [6.07, 6.45) is 0. The lowest BCUT2D eigenvalue weighted by Crippen LogP contribution is -2.01. The molecule has 0 radical (unpaired) electrons. The minimum atomic E-state index is 0.651. The number of nitrogens with zero attached hydrogens (tertiary/aromatic N) is 6. The first-order valence-corrected chi connectivity index (χ1v) is 32.5. The minimum absolute atomic E-state index is 0.651. The molecule has 0 saturated carbocycles. The Labute approximate surface area is 553 Å². The van der Waals surface area contributed by atoms with Gasteiger partial charge in [-0.2, -0.15) is 0 Å². The van der Waals surface area contributed by atoms with Gasteiger partial charge in [-0.05, 0) is 137 Å². The number of aromatic nitrogens is 6. The van der Waals surface area contributed by atoms with Gasteiger partial charge in [-0.1, -0.05) is 322 Å². The van der Waals surface area contributed by atoms with Gasteiger partial charge in [0.2, 0.25) is 0 Å². The first kappa shape index (κ1) is 55.9. The van der Waals surface area contributed by atoms with E-state index in [2.05, 4.69) is 218 Å². The summed E-state index contributed by atoms with van der Waals surface area (Å²) < 4.78 is 0. The van der Waals surface area contributed by atoms with Crippen molar-refractivity contribution >= 4 is 97.0 Å². The lowest BCUT2D eigenvalue weighted by Gasteiger charge is -2.14. The first-order chi connectivity index (χ1) is 47.6. The molecule has 19 rings (SSSR count). The molecule has 6 heteroatoms. The van der Waals surface area contributed by atoms with Crippen LogP contribution < -0.4 is 0 Å². The van der Waals surface area contributed by atoms with Crippen LogP contribution in [0.15, 0.2) is 340 Å². The maximum Gasteiger partial charge on any atom is 0.164 e. The summed E-state index contributed by atoms with van der Waals surface area (Å²) in [5, 5.41) is 22.5. The third kappa shape index (κ3) is 10.0. The zero-order valence-corrected chi connectivity index (χ0v) is 52.0. The molecule has 0 saturated heterocycles. The molecular formula is C90H56N6. The topological polar surface area (TPSA) is 77.3 Å². The van der Waals surface area contributed by atoms with E-state index in [1.807, 2.05) is 121 Å². The monoisotopic (exact) mass is 1220 g/mol. The van der Waals surface area contributed by atoms with Gasteiger partial charge in [0.15, 0.2) is 34.9 Å². The van der Waals surface area contributed by atoms with Gasteiger partial charge in [-0.15, -0.1) is 0 Å². The zero-order valence-electron chi connectivity index (χ0n) is 52.0. The fraction of sp³-hybridized carbons (Fsp3) is 0. The Balaban J connectivity index is 0.000000141. The molecule has 0 fully saturated rings. The molecule has 6 nitrogen and oxygen atoms in total. The van der Waals surface area contributed by atoms with Crippen LogP contribution in [0.4, 0.5) is 0 Å². The second-order valence-electron chi connectivity index (χ2n) is 24.4. The molecule has 446 valence electrons. The van der Waals surface area contributed by atoms with E-state index in [1.165, 1.54) is 97.3 Å². The van der Waals surface area contributed by atoms with Crippen molar-refractivity contribution in [1.29, 1.82) is 0 Å². The standard InChI is InChI=1S/C47H29N3.C43H27N3/c1-3-12-32(13-4-1)45-48-46(33-14-5-2-6-15-33)50-47(49-45)43-28-27-37(39-17-9-10-18-40(39)43)34-22-24-36-35(29-34)23-26-42-41(36)25-21-31-20-19-30-11-7-8-16-38(30)44(31)42;1-3-12-31(13-4-1)41-44-42(32-14-5-2-6-15-32)46-43(45-41)38-18-10-9-17-35(38)33-22-20-29-19-21-30-24-25-36-34-16-8-7-11-28(34)23-26-37(36)40(30)39(29)27-33/h1-29H;1-27H. The van der Waals surface area contributed by atoms with Gasteiger partial charge < -0.3 is 0 Å². The van der Waals surface area contributed by atoms with Gasteiger partial charge in [-0.25, -0.2) is 29.9 Å². The molecule has 0 N–H and O–H groups in total. The van der Waals surface area contributed by atoms with Crippen LogP contribution in [0, 0.1) is 0 Å². The second kappa shape index (κ2) is 23.7. The summed E-state index contributed by atoms with van der Waals surface area (Å²) in [6, 6.07) is 120. The summed E-state index contributed by atoms with van der Waals surface area (Å²) in [6.45, 7) is 0. The van der Waals surface area contributed by atoms with E-state index < -0.39 is 0 Å². The number of hydrogen-bond acceptors (Lipinski definition) is 6. The summed E-state index contributed by atoms with van der Waals surface area (Å²) >= 11 is 0. The van der Waals surface area contributed by atoms with Crippen molar-refractivity contribution < 1.29 is 0 Å². The van der Waals surface area contributed by atoms with Crippen molar-refractivity contribution in [3.05, 3.63) is 340 Å². The Bertz CT molecular complexity index is 6140. The average molecular weight is 1220 g/mol. The molecule has 17 aromatic carbocycles. The van der Waals surface area contributed by atoms with Crippen molar-refractivity contribution in [3.63, 3.8) is 0 Å². The largest absolute Gasteiger partial charge is 0.208 e. The Hall–Kier alpha value is -12.9. The SMILES string of the molecule is c1ccc(-c2nc(-c3ccccc3)nc(-c3ccc(-c4ccc5c(ccc6c5ccc5ccc7ccccc7c56)c4)c4ccccc34)n2)cc1.c1ccc(-c2nc(-c3ccccc3)nc(-c3ccccc3-c3ccc4ccc5ccc6c7ccccc7ccc6c5c4c3)n2)cc1. The number of hydrogen-bond donors (Lipinski definition) is 0. The van der Waals surface area contributed by atoms with Crippen molar-refractivity contribution in [1.82, 2.24) is 29.9 Å². The van der Waals surface area contributed by atoms with E-state index in [4.69, 9.17) is 29.9 Å². The van der Waals surface area contributed by atoms with Gasteiger partial charge in [-0.3, -0.25) is 0 Å². The van der Waals surface area contributed by atoms with Crippen LogP contribution in [0.25, 0.3) is 188 Å². The van der Waals surface area contributed by atoms with Crippen LogP contribution in [-0.4, -0.2) is 29.9 Å². The van der Waals surface area contributed by atoms with Crippen LogP contribution in [0.2, 0.25) is 0 Å². The highest BCUT2D eigenvalue weighted by Gasteiger charge is 2.20.